The third kappa shape index (κ3) is 53.7. The van der Waals surface area contributed by atoms with Crippen LogP contribution >= 0.6 is 0 Å². The van der Waals surface area contributed by atoms with E-state index in [4.69, 9.17) is 14.2 Å². The molecule has 386 valence electrons. The van der Waals surface area contributed by atoms with Crippen LogP contribution in [0, 0.1) is 0 Å². The summed E-state index contributed by atoms with van der Waals surface area (Å²) < 4.78 is 16.8. The van der Waals surface area contributed by atoms with Crippen LogP contribution in [0.25, 0.3) is 0 Å². The van der Waals surface area contributed by atoms with Crippen LogP contribution in [0.15, 0.2) is 72.9 Å². The van der Waals surface area contributed by atoms with E-state index < -0.39 is 6.10 Å². The summed E-state index contributed by atoms with van der Waals surface area (Å²) in [6.45, 7) is 6.50. The molecule has 0 aliphatic carbocycles. The van der Waals surface area contributed by atoms with Gasteiger partial charge in [-0.05, 0) is 109 Å². The third-order valence-corrected chi connectivity index (χ3v) is 12.2. The minimum absolute atomic E-state index is 0.0849. The Bertz CT molecular complexity index is 1260. The smallest absolute Gasteiger partial charge is 0.306 e. The highest BCUT2D eigenvalue weighted by Gasteiger charge is 2.19. The average Bonchev–Trinajstić information content (AvgIpc) is 3.33. The largest absolute Gasteiger partial charge is 0.462 e. The highest BCUT2D eigenvalue weighted by molar-refractivity contribution is 5.71. The van der Waals surface area contributed by atoms with Gasteiger partial charge in [-0.3, -0.25) is 14.4 Å². The van der Waals surface area contributed by atoms with Gasteiger partial charge in [-0.1, -0.05) is 222 Å². The molecule has 0 bridgehead atoms. The molecular weight excluding hydrogens is 829 g/mol. The number of hydrogen-bond acceptors (Lipinski definition) is 6. The molecule has 0 spiro atoms. The van der Waals surface area contributed by atoms with E-state index in [0.29, 0.717) is 19.3 Å². The molecule has 0 aromatic heterocycles. The van der Waals surface area contributed by atoms with Crippen molar-refractivity contribution in [3.05, 3.63) is 72.9 Å². The quantitative estimate of drug-likeness (QED) is 0.0262. The van der Waals surface area contributed by atoms with Crippen LogP contribution in [0.4, 0.5) is 0 Å². The van der Waals surface area contributed by atoms with Gasteiger partial charge >= 0.3 is 17.9 Å². The average molecular weight is 936 g/mol. The van der Waals surface area contributed by atoms with Gasteiger partial charge in [0.2, 0.25) is 0 Å². The molecule has 0 aromatic carbocycles. The van der Waals surface area contributed by atoms with Crippen molar-refractivity contribution in [3.8, 4) is 0 Å². The second kappa shape index (κ2) is 55.4. The zero-order valence-corrected chi connectivity index (χ0v) is 44.2. The van der Waals surface area contributed by atoms with Gasteiger partial charge in [0.25, 0.3) is 0 Å². The Morgan fingerprint density at radius 3 is 0.940 bits per heavy atom. The van der Waals surface area contributed by atoms with Crippen LogP contribution in [-0.2, 0) is 28.6 Å². The van der Waals surface area contributed by atoms with Gasteiger partial charge in [-0.15, -0.1) is 0 Å². The highest BCUT2D eigenvalue weighted by Crippen LogP contribution is 2.15. The predicted octanol–water partition coefficient (Wildman–Crippen LogP) is 19.0. The number of carbonyl (C=O) groups excluding carboxylic acids is 3. The summed E-state index contributed by atoms with van der Waals surface area (Å²) in [6, 6.07) is 0. The molecule has 0 N–H and O–H groups in total. The lowest BCUT2D eigenvalue weighted by Crippen LogP contribution is -2.30. The molecule has 0 radical (unpaired) electrons. The van der Waals surface area contributed by atoms with E-state index in [-0.39, 0.29) is 31.1 Å². The van der Waals surface area contributed by atoms with E-state index in [1.54, 1.807) is 0 Å². The number of hydrogen-bond donors (Lipinski definition) is 0. The van der Waals surface area contributed by atoms with Gasteiger partial charge in [-0.25, -0.2) is 0 Å². The molecule has 0 aromatic rings. The van der Waals surface area contributed by atoms with Crippen molar-refractivity contribution >= 4 is 17.9 Å². The zero-order valence-electron chi connectivity index (χ0n) is 44.2. The van der Waals surface area contributed by atoms with Gasteiger partial charge < -0.3 is 14.2 Å². The van der Waals surface area contributed by atoms with Crippen LogP contribution in [0.5, 0.6) is 0 Å². The lowest BCUT2D eigenvalue weighted by atomic mass is 10.1. The Morgan fingerprint density at radius 2 is 0.582 bits per heavy atom. The van der Waals surface area contributed by atoms with E-state index in [9.17, 15) is 14.4 Å². The maximum atomic E-state index is 12.8. The van der Waals surface area contributed by atoms with Crippen molar-refractivity contribution in [2.24, 2.45) is 0 Å². The maximum Gasteiger partial charge on any atom is 0.306 e. The first-order valence-corrected chi connectivity index (χ1v) is 28.4. The SMILES string of the molecule is CC/C=C\C/C=C\C/C=C\C/C=C\CCCCCCCCCCC(=O)OCC(COC(=O)CCCCCCC/C=C\CCCCCC)OC(=O)CCCCCCC/C=C\CCCCCCCC. The van der Waals surface area contributed by atoms with E-state index in [1.165, 1.54) is 128 Å². The van der Waals surface area contributed by atoms with E-state index >= 15 is 0 Å². The van der Waals surface area contributed by atoms with Gasteiger partial charge in [0.05, 0.1) is 0 Å². The van der Waals surface area contributed by atoms with Crippen LogP contribution in [0.1, 0.15) is 278 Å². The third-order valence-electron chi connectivity index (χ3n) is 12.2. The molecule has 0 saturated heterocycles. The number of allylic oxidation sites excluding steroid dienone is 12. The predicted molar refractivity (Wildman–Crippen MR) is 288 cm³/mol. The summed E-state index contributed by atoms with van der Waals surface area (Å²) in [5, 5.41) is 0. The Labute approximate surface area is 414 Å². The van der Waals surface area contributed by atoms with Gasteiger partial charge in [-0.2, -0.15) is 0 Å². The molecular formula is C61H106O6. The molecule has 1 atom stereocenters. The number of unbranched alkanes of at least 4 members (excludes halogenated alkanes) is 28. The first kappa shape index (κ1) is 63.8. The van der Waals surface area contributed by atoms with Crippen LogP contribution in [0.3, 0.4) is 0 Å². The zero-order chi connectivity index (χ0) is 48.6. The fraction of sp³-hybridized carbons (Fsp3) is 0.754. The molecule has 6 nitrogen and oxygen atoms in total. The maximum absolute atomic E-state index is 12.8. The molecule has 6 heteroatoms. The molecule has 0 saturated carbocycles. The fourth-order valence-electron chi connectivity index (χ4n) is 7.89. The molecule has 0 rings (SSSR count). The van der Waals surface area contributed by atoms with E-state index in [1.807, 2.05) is 0 Å². The van der Waals surface area contributed by atoms with Crippen molar-refractivity contribution in [3.63, 3.8) is 0 Å². The number of rotatable bonds is 51. The summed E-state index contributed by atoms with van der Waals surface area (Å²) in [4.78, 5) is 38.1. The molecule has 0 heterocycles. The number of carbonyl (C=O) groups is 3. The van der Waals surface area contributed by atoms with Crippen LogP contribution in [0.2, 0.25) is 0 Å². The highest BCUT2D eigenvalue weighted by atomic mass is 16.6. The Kier molecular flexibility index (Phi) is 52.8. The molecule has 67 heavy (non-hydrogen) atoms. The fourth-order valence-corrected chi connectivity index (χ4v) is 7.89. The molecule has 1 unspecified atom stereocenters. The van der Waals surface area contributed by atoms with Gasteiger partial charge in [0, 0.05) is 19.3 Å². The lowest BCUT2D eigenvalue weighted by molar-refractivity contribution is -0.167. The Hall–Kier alpha value is -3.15. The monoisotopic (exact) mass is 935 g/mol. The van der Waals surface area contributed by atoms with Gasteiger partial charge in [0.1, 0.15) is 13.2 Å². The first-order valence-electron chi connectivity index (χ1n) is 28.4. The summed E-state index contributed by atoms with van der Waals surface area (Å²) in [6.07, 6.45) is 70.3. The second-order valence-corrected chi connectivity index (χ2v) is 18.8. The van der Waals surface area contributed by atoms with Crippen LogP contribution in [-0.4, -0.2) is 37.2 Å². The normalized spacial score (nSPS) is 12.6. The minimum atomic E-state index is -0.786. The number of ether oxygens (including phenoxy) is 3. The Morgan fingerprint density at radius 1 is 0.313 bits per heavy atom. The van der Waals surface area contributed by atoms with Crippen LogP contribution < -0.4 is 0 Å². The topological polar surface area (TPSA) is 78.9 Å². The standard InChI is InChI=1S/C61H106O6/c1-4-7-10-13-16-19-22-25-27-28-29-30-31-32-34-36-39-42-45-48-51-54-60(63)66-57-58(56-65-59(62)53-50-47-44-41-38-35-24-21-18-15-12-9-6-3)67-61(64)55-52-49-46-43-40-37-33-26-23-20-17-14-11-8-5-2/h7,10,16,19,21,24-27,29-30,33,58H,4-6,8-9,11-15,17-18,20,22-23,28,31-32,34-57H2,1-3H3/b10-7-,19-16-,24-21-,27-25-,30-29-,33-26-. The molecule has 0 amide bonds. The molecule has 0 aliphatic rings. The van der Waals surface area contributed by atoms with E-state index in [2.05, 4.69) is 93.7 Å². The second-order valence-electron chi connectivity index (χ2n) is 18.8. The van der Waals surface area contributed by atoms with Crippen molar-refractivity contribution < 1.29 is 28.6 Å². The lowest BCUT2D eigenvalue weighted by Gasteiger charge is -2.18. The number of esters is 3. The summed E-state index contributed by atoms with van der Waals surface area (Å²) in [5.74, 6) is -0.903. The van der Waals surface area contributed by atoms with E-state index in [0.717, 1.165) is 109 Å². The van der Waals surface area contributed by atoms with Crippen molar-refractivity contribution in [2.75, 3.05) is 13.2 Å². The molecule has 0 aliphatic heterocycles. The molecule has 0 fully saturated rings. The summed E-state index contributed by atoms with van der Waals surface area (Å²) in [7, 11) is 0. The first-order chi connectivity index (χ1) is 33.0. The minimum Gasteiger partial charge on any atom is -0.462 e. The van der Waals surface area contributed by atoms with Crippen molar-refractivity contribution in [1.82, 2.24) is 0 Å². The Balaban J connectivity index is 4.37. The van der Waals surface area contributed by atoms with Crippen molar-refractivity contribution in [1.29, 1.82) is 0 Å². The summed E-state index contributed by atoms with van der Waals surface area (Å²) >= 11 is 0. The van der Waals surface area contributed by atoms with Crippen molar-refractivity contribution in [2.45, 2.75) is 284 Å². The summed E-state index contributed by atoms with van der Waals surface area (Å²) in [5.41, 5.74) is 0. The van der Waals surface area contributed by atoms with Gasteiger partial charge in [0.15, 0.2) is 6.10 Å².